The molecule has 1 amide bonds. The molecule has 1 aliphatic heterocycles. The topological polar surface area (TPSA) is 79.3 Å². The highest BCUT2D eigenvalue weighted by molar-refractivity contribution is 6.30. The number of aliphatic carboxylic acids is 1. The third kappa shape index (κ3) is 5.86. The van der Waals surface area contributed by atoms with Crippen molar-refractivity contribution in [1.29, 1.82) is 0 Å². The van der Waals surface area contributed by atoms with Crippen molar-refractivity contribution in [3.05, 3.63) is 29.3 Å². The molecular formula is C18H25ClN2O5. The average molecular weight is 385 g/mol. The van der Waals surface area contributed by atoms with Gasteiger partial charge in [0.1, 0.15) is 5.75 Å². The zero-order valence-corrected chi connectivity index (χ0v) is 16.0. The van der Waals surface area contributed by atoms with Gasteiger partial charge in [0, 0.05) is 24.7 Å². The second kappa shape index (κ2) is 8.70. The molecule has 0 saturated carbocycles. The summed E-state index contributed by atoms with van der Waals surface area (Å²) in [4.78, 5) is 27.1. The molecule has 2 rings (SSSR count). The van der Waals surface area contributed by atoms with Crippen LogP contribution >= 0.6 is 11.6 Å². The van der Waals surface area contributed by atoms with Crippen molar-refractivity contribution >= 4 is 23.5 Å². The SMILES string of the molecule is CN(CC(=O)O)CC1CN(C(=O)C(C)(C)Oc2ccc(Cl)cc2)CCO1. The van der Waals surface area contributed by atoms with E-state index in [4.69, 9.17) is 26.2 Å². The number of hydrogen-bond donors (Lipinski definition) is 1. The number of morpholine rings is 1. The highest BCUT2D eigenvalue weighted by atomic mass is 35.5. The van der Waals surface area contributed by atoms with Crippen LogP contribution in [0.4, 0.5) is 0 Å². The molecule has 0 radical (unpaired) electrons. The van der Waals surface area contributed by atoms with Crippen molar-refractivity contribution in [2.75, 3.05) is 39.8 Å². The molecule has 1 aliphatic rings. The van der Waals surface area contributed by atoms with Crippen molar-refractivity contribution in [3.63, 3.8) is 0 Å². The lowest BCUT2D eigenvalue weighted by Gasteiger charge is -2.38. The summed E-state index contributed by atoms with van der Waals surface area (Å²) in [6.07, 6.45) is -0.233. The fourth-order valence-electron chi connectivity index (χ4n) is 2.88. The average Bonchev–Trinajstić information content (AvgIpc) is 2.55. The van der Waals surface area contributed by atoms with E-state index in [2.05, 4.69) is 0 Å². The Morgan fingerprint density at radius 2 is 2.04 bits per heavy atom. The van der Waals surface area contributed by atoms with Crippen molar-refractivity contribution in [3.8, 4) is 5.75 Å². The van der Waals surface area contributed by atoms with Crippen LogP contribution in [-0.4, -0.2) is 78.3 Å². The first kappa shape index (κ1) is 20.5. The number of carbonyl (C=O) groups is 2. The third-order valence-corrected chi connectivity index (χ3v) is 4.30. The fraction of sp³-hybridized carbons (Fsp3) is 0.556. The van der Waals surface area contributed by atoms with E-state index in [-0.39, 0.29) is 18.6 Å². The van der Waals surface area contributed by atoms with Crippen LogP contribution < -0.4 is 4.74 Å². The summed E-state index contributed by atoms with van der Waals surface area (Å²) in [5, 5.41) is 9.45. The van der Waals surface area contributed by atoms with Crippen LogP contribution in [0.25, 0.3) is 0 Å². The maximum absolute atomic E-state index is 12.9. The van der Waals surface area contributed by atoms with Gasteiger partial charge in [-0.15, -0.1) is 0 Å². The Morgan fingerprint density at radius 1 is 1.38 bits per heavy atom. The first-order chi connectivity index (χ1) is 12.2. The van der Waals surface area contributed by atoms with Gasteiger partial charge in [0.15, 0.2) is 5.60 Å². The largest absolute Gasteiger partial charge is 0.480 e. The molecule has 1 aromatic rings. The Hall–Kier alpha value is -1.83. The Morgan fingerprint density at radius 3 is 2.65 bits per heavy atom. The molecule has 8 heteroatoms. The predicted molar refractivity (Wildman–Crippen MR) is 97.6 cm³/mol. The van der Waals surface area contributed by atoms with E-state index in [0.29, 0.717) is 37.0 Å². The monoisotopic (exact) mass is 384 g/mol. The molecule has 144 valence electrons. The lowest BCUT2D eigenvalue weighted by Crippen LogP contribution is -2.56. The number of carboxylic acid groups (broad SMARTS) is 1. The van der Waals surface area contributed by atoms with Crippen LogP contribution in [0.1, 0.15) is 13.8 Å². The lowest BCUT2D eigenvalue weighted by molar-refractivity contribution is -0.154. The van der Waals surface area contributed by atoms with Gasteiger partial charge in [0.25, 0.3) is 5.91 Å². The van der Waals surface area contributed by atoms with E-state index < -0.39 is 11.6 Å². The van der Waals surface area contributed by atoms with Crippen LogP contribution in [0.5, 0.6) is 5.75 Å². The van der Waals surface area contributed by atoms with E-state index in [9.17, 15) is 9.59 Å². The minimum atomic E-state index is -1.04. The number of amides is 1. The maximum atomic E-state index is 12.9. The lowest BCUT2D eigenvalue weighted by atomic mass is 10.1. The predicted octanol–water partition coefficient (Wildman–Crippen LogP) is 1.74. The van der Waals surface area contributed by atoms with E-state index in [0.717, 1.165) is 0 Å². The zero-order valence-electron chi connectivity index (χ0n) is 15.3. The highest BCUT2D eigenvalue weighted by Crippen LogP contribution is 2.23. The number of likely N-dealkylation sites (N-methyl/N-ethyl adjacent to an activating group) is 1. The molecule has 0 spiro atoms. The molecule has 26 heavy (non-hydrogen) atoms. The fourth-order valence-corrected chi connectivity index (χ4v) is 3.01. The maximum Gasteiger partial charge on any atom is 0.317 e. The smallest absolute Gasteiger partial charge is 0.317 e. The van der Waals surface area contributed by atoms with Crippen molar-refractivity contribution < 1.29 is 24.2 Å². The van der Waals surface area contributed by atoms with E-state index >= 15 is 0 Å². The van der Waals surface area contributed by atoms with Gasteiger partial charge < -0.3 is 19.5 Å². The van der Waals surface area contributed by atoms with Gasteiger partial charge in [-0.2, -0.15) is 0 Å². The standard InChI is InChI=1S/C18H25ClN2O5/c1-18(2,26-14-6-4-13(19)5-7-14)17(24)21-8-9-25-15(11-21)10-20(3)12-16(22)23/h4-7,15H,8-12H2,1-3H3,(H,22,23). The Kier molecular flexibility index (Phi) is 6.86. The van der Waals surface area contributed by atoms with Gasteiger partial charge in [0.05, 0.1) is 19.3 Å². The molecule has 0 aliphatic carbocycles. The summed E-state index contributed by atoms with van der Waals surface area (Å²) in [7, 11) is 1.71. The second-order valence-corrected chi connectivity index (χ2v) is 7.34. The molecule has 7 nitrogen and oxygen atoms in total. The molecule has 0 bridgehead atoms. The van der Waals surface area contributed by atoms with Crippen molar-refractivity contribution in [1.82, 2.24) is 9.80 Å². The van der Waals surface area contributed by atoms with Crippen LogP contribution in [0, 0.1) is 0 Å². The molecular weight excluding hydrogens is 360 g/mol. The Bertz CT molecular complexity index is 635. The normalized spacial score (nSPS) is 18.0. The number of halogens is 1. The van der Waals surface area contributed by atoms with Crippen LogP contribution in [-0.2, 0) is 14.3 Å². The molecule has 1 fully saturated rings. The first-order valence-electron chi connectivity index (χ1n) is 8.43. The van der Waals surface area contributed by atoms with Crippen LogP contribution in [0.3, 0.4) is 0 Å². The molecule has 1 saturated heterocycles. The van der Waals surface area contributed by atoms with E-state index in [1.54, 1.807) is 55.0 Å². The van der Waals surface area contributed by atoms with Gasteiger partial charge in [-0.3, -0.25) is 14.5 Å². The highest BCUT2D eigenvalue weighted by Gasteiger charge is 2.37. The molecule has 0 aromatic heterocycles. The van der Waals surface area contributed by atoms with Gasteiger partial charge >= 0.3 is 5.97 Å². The number of carboxylic acids is 1. The van der Waals surface area contributed by atoms with Crippen LogP contribution in [0.15, 0.2) is 24.3 Å². The number of nitrogens with zero attached hydrogens (tertiary/aromatic N) is 2. The molecule has 1 heterocycles. The molecule has 1 atom stereocenters. The number of hydrogen-bond acceptors (Lipinski definition) is 5. The molecule has 1 unspecified atom stereocenters. The summed E-state index contributed by atoms with van der Waals surface area (Å²) in [5.41, 5.74) is -1.04. The number of carbonyl (C=O) groups excluding carboxylic acids is 1. The summed E-state index contributed by atoms with van der Waals surface area (Å²) in [6, 6.07) is 6.86. The number of ether oxygens (including phenoxy) is 2. The Labute approximate surface area is 158 Å². The van der Waals surface area contributed by atoms with E-state index in [1.807, 2.05) is 0 Å². The quantitative estimate of drug-likeness (QED) is 0.771. The summed E-state index contributed by atoms with van der Waals surface area (Å²) >= 11 is 5.87. The minimum Gasteiger partial charge on any atom is -0.480 e. The van der Waals surface area contributed by atoms with E-state index in [1.165, 1.54) is 0 Å². The summed E-state index contributed by atoms with van der Waals surface area (Å²) in [6.45, 7) is 5.11. The Balaban J connectivity index is 1.96. The summed E-state index contributed by atoms with van der Waals surface area (Å²) in [5.74, 6) is -0.464. The third-order valence-electron chi connectivity index (χ3n) is 4.05. The second-order valence-electron chi connectivity index (χ2n) is 6.90. The van der Waals surface area contributed by atoms with Gasteiger partial charge in [0.2, 0.25) is 0 Å². The van der Waals surface area contributed by atoms with Gasteiger partial charge in [-0.05, 0) is 45.2 Å². The first-order valence-corrected chi connectivity index (χ1v) is 8.81. The van der Waals surface area contributed by atoms with Gasteiger partial charge in [-0.1, -0.05) is 11.6 Å². The van der Waals surface area contributed by atoms with Crippen molar-refractivity contribution in [2.24, 2.45) is 0 Å². The molecule has 1 N–H and O–H groups in total. The zero-order chi connectivity index (χ0) is 19.3. The molecule has 1 aromatic carbocycles. The summed E-state index contributed by atoms with van der Waals surface area (Å²) < 4.78 is 11.5. The van der Waals surface area contributed by atoms with Crippen LogP contribution in [0.2, 0.25) is 5.02 Å². The minimum absolute atomic E-state index is 0.0705. The van der Waals surface area contributed by atoms with Gasteiger partial charge in [-0.25, -0.2) is 0 Å². The van der Waals surface area contributed by atoms with Crippen molar-refractivity contribution in [2.45, 2.75) is 25.6 Å². The number of benzene rings is 1. The number of rotatable bonds is 7.